The van der Waals surface area contributed by atoms with Crippen molar-refractivity contribution in [2.45, 2.75) is 45.5 Å². The average Bonchev–Trinajstić information content (AvgIpc) is 2.88. The third-order valence-corrected chi connectivity index (χ3v) is 3.19. The van der Waals surface area contributed by atoms with Gasteiger partial charge in [-0.3, -0.25) is 0 Å². The minimum absolute atomic E-state index is 0.145. The van der Waals surface area contributed by atoms with Crippen LogP contribution in [0.25, 0.3) is 0 Å². The van der Waals surface area contributed by atoms with Gasteiger partial charge in [-0.2, -0.15) is 0 Å². The topological polar surface area (TPSA) is 47.9 Å². The molecule has 0 radical (unpaired) electrons. The summed E-state index contributed by atoms with van der Waals surface area (Å²) < 4.78 is 16.9. The minimum Gasteiger partial charge on any atom is -0.504 e. The van der Waals surface area contributed by atoms with E-state index in [2.05, 4.69) is 6.92 Å². The van der Waals surface area contributed by atoms with Crippen molar-refractivity contribution in [3.63, 3.8) is 0 Å². The maximum absolute atomic E-state index is 9.67. The van der Waals surface area contributed by atoms with Crippen LogP contribution in [0.3, 0.4) is 0 Å². The first-order valence-corrected chi connectivity index (χ1v) is 6.97. The summed E-state index contributed by atoms with van der Waals surface area (Å²) in [5.74, 6) is 0.621. The first-order chi connectivity index (χ1) is 9.24. The van der Waals surface area contributed by atoms with Crippen molar-refractivity contribution in [2.75, 3.05) is 13.2 Å². The predicted octanol–water partition coefficient (Wildman–Crippen LogP) is 3.40. The van der Waals surface area contributed by atoms with Crippen molar-refractivity contribution in [3.8, 4) is 11.5 Å². The van der Waals surface area contributed by atoms with E-state index in [9.17, 15) is 5.11 Å². The molecule has 1 aromatic rings. The van der Waals surface area contributed by atoms with Gasteiger partial charge in [-0.25, -0.2) is 0 Å². The molecule has 106 valence electrons. The largest absolute Gasteiger partial charge is 0.504 e. The maximum atomic E-state index is 9.67. The van der Waals surface area contributed by atoms with E-state index in [0.29, 0.717) is 19.0 Å². The number of unbranched alkanes of at least 4 members (excludes halogenated alkanes) is 1. The number of aromatic hydroxyl groups is 1. The fourth-order valence-corrected chi connectivity index (χ4v) is 2.15. The Morgan fingerprint density at radius 2 is 2.21 bits per heavy atom. The molecule has 1 heterocycles. The molecule has 0 saturated carbocycles. The molecule has 1 aliphatic heterocycles. The van der Waals surface area contributed by atoms with Crippen LogP contribution in [-0.4, -0.2) is 24.4 Å². The number of phenols is 1. The Morgan fingerprint density at radius 3 is 2.95 bits per heavy atom. The fraction of sp³-hybridized carbons (Fsp3) is 0.600. The number of rotatable bonds is 6. The second kappa shape index (κ2) is 6.78. The predicted molar refractivity (Wildman–Crippen MR) is 72.4 cm³/mol. The van der Waals surface area contributed by atoms with E-state index in [4.69, 9.17) is 14.2 Å². The third-order valence-electron chi connectivity index (χ3n) is 3.19. The molecule has 2 atom stereocenters. The fourth-order valence-electron chi connectivity index (χ4n) is 2.15. The van der Waals surface area contributed by atoms with Gasteiger partial charge in [0.2, 0.25) is 0 Å². The SMILES string of the molecule is CCCC[C@@H]1CO[C@@H](c2ccc(O)c(OCC)c2)O1. The normalized spacial score (nSPS) is 22.6. The van der Waals surface area contributed by atoms with Crippen molar-refractivity contribution < 1.29 is 19.3 Å². The number of benzene rings is 1. The van der Waals surface area contributed by atoms with E-state index >= 15 is 0 Å². The average molecular weight is 266 g/mol. The Morgan fingerprint density at radius 1 is 1.37 bits per heavy atom. The monoisotopic (exact) mass is 266 g/mol. The van der Waals surface area contributed by atoms with Gasteiger partial charge in [0.05, 0.1) is 19.3 Å². The molecule has 1 fully saturated rings. The molecule has 1 aromatic carbocycles. The van der Waals surface area contributed by atoms with Gasteiger partial charge in [0.25, 0.3) is 0 Å². The van der Waals surface area contributed by atoms with Crippen LogP contribution in [0.1, 0.15) is 45.0 Å². The van der Waals surface area contributed by atoms with Crippen LogP contribution in [0.4, 0.5) is 0 Å². The summed E-state index contributed by atoms with van der Waals surface area (Å²) in [6.45, 7) is 5.20. The van der Waals surface area contributed by atoms with Gasteiger partial charge in [0.15, 0.2) is 17.8 Å². The van der Waals surface area contributed by atoms with Gasteiger partial charge < -0.3 is 19.3 Å². The van der Waals surface area contributed by atoms with Gasteiger partial charge in [-0.15, -0.1) is 0 Å². The molecule has 0 bridgehead atoms. The van der Waals surface area contributed by atoms with E-state index in [-0.39, 0.29) is 18.1 Å². The standard InChI is InChI=1S/C15H22O4/c1-3-5-6-12-10-18-15(19-12)11-7-8-13(16)14(9-11)17-4-2/h7-9,12,15-16H,3-6,10H2,1-2H3/t12-,15-/m1/s1. The highest BCUT2D eigenvalue weighted by molar-refractivity contribution is 5.42. The van der Waals surface area contributed by atoms with E-state index in [1.807, 2.05) is 13.0 Å². The van der Waals surface area contributed by atoms with Crippen LogP contribution in [0.15, 0.2) is 18.2 Å². The number of ether oxygens (including phenoxy) is 3. The molecule has 0 unspecified atom stereocenters. The Hall–Kier alpha value is -1.26. The number of hydrogen-bond acceptors (Lipinski definition) is 4. The summed E-state index contributed by atoms with van der Waals surface area (Å²) in [6.07, 6.45) is 3.18. The van der Waals surface area contributed by atoms with Gasteiger partial charge >= 0.3 is 0 Å². The van der Waals surface area contributed by atoms with Crippen LogP contribution in [-0.2, 0) is 9.47 Å². The van der Waals surface area contributed by atoms with Gasteiger partial charge in [-0.1, -0.05) is 25.8 Å². The summed E-state index contributed by atoms with van der Waals surface area (Å²) in [5.41, 5.74) is 0.889. The van der Waals surface area contributed by atoms with Gasteiger partial charge in [-0.05, 0) is 25.5 Å². The third kappa shape index (κ3) is 3.61. The van der Waals surface area contributed by atoms with Crippen molar-refractivity contribution in [1.29, 1.82) is 0 Å². The van der Waals surface area contributed by atoms with E-state index < -0.39 is 0 Å². The number of phenolic OH excluding ortho intramolecular Hbond substituents is 1. The zero-order valence-corrected chi connectivity index (χ0v) is 11.6. The van der Waals surface area contributed by atoms with E-state index in [1.165, 1.54) is 0 Å². The zero-order chi connectivity index (χ0) is 13.7. The lowest BCUT2D eigenvalue weighted by molar-refractivity contribution is -0.0614. The van der Waals surface area contributed by atoms with Crippen LogP contribution < -0.4 is 4.74 Å². The van der Waals surface area contributed by atoms with Crippen molar-refractivity contribution in [2.24, 2.45) is 0 Å². The van der Waals surface area contributed by atoms with Crippen LogP contribution in [0.2, 0.25) is 0 Å². The molecular weight excluding hydrogens is 244 g/mol. The molecule has 0 amide bonds. The van der Waals surface area contributed by atoms with E-state index in [1.54, 1.807) is 12.1 Å². The molecule has 0 aliphatic carbocycles. The first-order valence-electron chi connectivity index (χ1n) is 6.97. The van der Waals surface area contributed by atoms with Crippen molar-refractivity contribution >= 4 is 0 Å². The Kier molecular flexibility index (Phi) is 5.05. The second-order valence-corrected chi connectivity index (χ2v) is 4.73. The second-order valence-electron chi connectivity index (χ2n) is 4.73. The number of hydrogen-bond donors (Lipinski definition) is 1. The van der Waals surface area contributed by atoms with Crippen LogP contribution in [0.5, 0.6) is 11.5 Å². The lowest BCUT2D eigenvalue weighted by atomic mass is 10.2. The highest BCUT2D eigenvalue weighted by Crippen LogP contribution is 2.34. The highest BCUT2D eigenvalue weighted by Gasteiger charge is 2.27. The van der Waals surface area contributed by atoms with Crippen LogP contribution in [0, 0.1) is 0 Å². The molecule has 0 spiro atoms. The summed E-state index contributed by atoms with van der Waals surface area (Å²) in [4.78, 5) is 0. The minimum atomic E-state index is -0.346. The molecule has 19 heavy (non-hydrogen) atoms. The molecule has 0 aromatic heterocycles. The molecule has 1 aliphatic rings. The molecule has 1 N–H and O–H groups in total. The molecular formula is C15H22O4. The Labute approximate surface area is 114 Å². The quantitative estimate of drug-likeness (QED) is 0.857. The Balaban J connectivity index is 2.00. The molecule has 4 heteroatoms. The smallest absolute Gasteiger partial charge is 0.184 e. The van der Waals surface area contributed by atoms with Gasteiger partial charge in [0, 0.05) is 5.56 Å². The molecule has 2 rings (SSSR count). The summed E-state index contributed by atoms with van der Waals surface area (Å²) in [6, 6.07) is 5.21. The zero-order valence-electron chi connectivity index (χ0n) is 11.6. The molecule has 1 saturated heterocycles. The summed E-state index contributed by atoms with van der Waals surface area (Å²) >= 11 is 0. The highest BCUT2D eigenvalue weighted by atomic mass is 16.7. The lowest BCUT2D eigenvalue weighted by Gasteiger charge is -2.13. The summed E-state index contributed by atoms with van der Waals surface area (Å²) in [5, 5.41) is 9.67. The summed E-state index contributed by atoms with van der Waals surface area (Å²) in [7, 11) is 0. The van der Waals surface area contributed by atoms with Crippen molar-refractivity contribution in [1.82, 2.24) is 0 Å². The maximum Gasteiger partial charge on any atom is 0.184 e. The van der Waals surface area contributed by atoms with Gasteiger partial charge in [0.1, 0.15) is 0 Å². The van der Waals surface area contributed by atoms with E-state index in [0.717, 1.165) is 24.8 Å². The first kappa shape index (κ1) is 14.2. The van der Waals surface area contributed by atoms with Crippen LogP contribution >= 0.6 is 0 Å². The Bertz CT molecular complexity index is 405. The van der Waals surface area contributed by atoms with Crippen molar-refractivity contribution in [3.05, 3.63) is 23.8 Å². The lowest BCUT2D eigenvalue weighted by Crippen LogP contribution is -2.09. The molecule has 4 nitrogen and oxygen atoms in total.